The molecule has 4 rings (SSSR count). The summed E-state index contributed by atoms with van der Waals surface area (Å²) < 4.78 is 11.3. The van der Waals surface area contributed by atoms with E-state index in [9.17, 15) is 4.79 Å². The highest BCUT2D eigenvalue weighted by atomic mass is 16.6. The first-order chi connectivity index (χ1) is 11.8. The summed E-state index contributed by atoms with van der Waals surface area (Å²) in [5.41, 5.74) is 3.70. The third-order valence-electron chi connectivity index (χ3n) is 4.70. The molecule has 2 aliphatic rings. The first kappa shape index (κ1) is 15.1. The lowest BCUT2D eigenvalue weighted by molar-refractivity contribution is 0.105. The number of cyclic esters (lactones) is 1. The third-order valence-corrected chi connectivity index (χ3v) is 4.70. The largest absolute Gasteiger partial charge is 0.490 e. The van der Waals surface area contributed by atoms with E-state index in [1.165, 1.54) is 30.4 Å². The lowest BCUT2D eigenvalue weighted by Crippen LogP contribution is -2.26. The Kier molecular flexibility index (Phi) is 4.11. The Labute approximate surface area is 142 Å². The molecule has 124 valence electrons. The number of benzene rings is 2. The molecular weight excluding hydrogens is 302 g/mol. The highest BCUT2D eigenvalue weighted by molar-refractivity contribution is 5.89. The zero-order valence-corrected chi connectivity index (χ0v) is 13.6. The van der Waals surface area contributed by atoms with Crippen LogP contribution in [0.3, 0.4) is 0 Å². The summed E-state index contributed by atoms with van der Waals surface area (Å²) in [6.07, 6.45) is 4.28. The van der Waals surface area contributed by atoms with Crippen LogP contribution in [0.4, 0.5) is 10.5 Å². The number of fused-ring (bicyclic) bond motifs is 1. The van der Waals surface area contributed by atoms with E-state index in [4.69, 9.17) is 9.47 Å². The summed E-state index contributed by atoms with van der Waals surface area (Å²) in [6, 6.07) is 15.9. The van der Waals surface area contributed by atoms with Crippen molar-refractivity contribution in [1.82, 2.24) is 0 Å². The fourth-order valence-corrected chi connectivity index (χ4v) is 3.42. The van der Waals surface area contributed by atoms with E-state index in [0.717, 1.165) is 17.9 Å². The van der Waals surface area contributed by atoms with Gasteiger partial charge in [0, 0.05) is 5.69 Å². The third kappa shape index (κ3) is 3.09. The van der Waals surface area contributed by atoms with Crippen molar-refractivity contribution < 1.29 is 14.3 Å². The molecule has 4 nitrogen and oxygen atoms in total. The van der Waals surface area contributed by atoms with E-state index in [-0.39, 0.29) is 12.2 Å². The Hall–Kier alpha value is -2.49. The molecule has 1 aliphatic carbocycles. The van der Waals surface area contributed by atoms with Crippen LogP contribution in [-0.2, 0) is 17.6 Å². The quantitative estimate of drug-likeness (QED) is 0.854. The number of carbonyl (C=O) groups excluding carboxylic acids is 1. The minimum Gasteiger partial charge on any atom is -0.490 e. The maximum atomic E-state index is 12.0. The van der Waals surface area contributed by atoms with Crippen molar-refractivity contribution in [2.24, 2.45) is 0 Å². The normalized spacial score (nSPS) is 19.8. The van der Waals surface area contributed by atoms with Gasteiger partial charge in [-0.15, -0.1) is 0 Å². The highest BCUT2D eigenvalue weighted by Gasteiger charge is 2.32. The summed E-state index contributed by atoms with van der Waals surface area (Å²) in [5, 5.41) is 0. The molecule has 2 aromatic rings. The monoisotopic (exact) mass is 323 g/mol. The zero-order valence-electron chi connectivity index (χ0n) is 13.6. The number of ether oxygens (including phenoxy) is 2. The van der Waals surface area contributed by atoms with Crippen LogP contribution < -0.4 is 9.64 Å². The molecule has 1 fully saturated rings. The molecule has 1 saturated heterocycles. The number of aryl methyl sites for hydroxylation is 2. The number of rotatable bonds is 4. The van der Waals surface area contributed by atoms with Crippen molar-refractivity contribution in [1.29, 1.82) is 0 Å². The van der Waals surface area contributed by atoms with Gasteiger partial charge in [-0.1, -0.05) is 24.3 Å². The number of hydrogen-bond donors (Lipinski definition) is 0. The number of anilines is 1. The van der Waals surface area contributed by atoms with Gasteiger partial charge >= 0.3 is 6.09 Å². The smallest absolute Gasteiger partial charge is 0.414 e. The van der Waals surface area contributed by atoms with Gasteiger partial charge in [0.15, 0.2) is 6.10 Å². The van der Waals surface area contributed by atoms with Crippen LogP contribution in [0.5, 0.6) is 5.75 Å². The molecule has 1 amide bonds. The van der Waals surface area contributed by atoms with Gasteiger partial charge in [0.1, 0.15) is 12.4 Å². The van der Waals surface area contributed by atoms with Crippen LogP contribution in [0.25, 0.3) is 0 Å². The molecule has 0 saturated carbocycles. The molecule has 0 spiro atoms. The summed E-state index contributed by atoms with van der Waals surface area (Å²) in [7, 11) is 0. The Morgan fingerprint density at radius 3 is 2.67 bits per heavy atom. The van der Waals surface area contributed by atoms with E-state index >= 15 is 0 Å². The first-order valence-electron chi connectivity index (χ1n) is 8.57. The van der Waals surface area contributed by atoms with E-state index in [1.807, 2.05) is 36.4 Å². The Balaban J connectivity index is 1.38. The van der Waals surface area contributed by atoms with Gasteiger partial charge in [-0.3, -0.25) is 4.90 Å². The summed E-state index contributed by atoms with van der Waals surface area (Å²) in [4.78, 5) is 13.7. The lowest BCUT2D eigenvalue weighted by atomic mass is 9.92. The van der Waals surface area contributed by atoms with Crippen LogP contribution in [-0.4, -0.2) is 25.3 Å². The minimum absolute atomic E-state index is 0.242. The molecule has 0 radical (unpaired) electrons. The Morgan fingerprint density at radius 2 is 1.83 bits per heavy atom. The predicted molar refractivity (Wildman–Crippen MR) is 92.6 cm³/mol. The molecule has 0 aromatic heterocycles. The predicted octanol–water partition coefficient (Wildman–Crippen LogP) is 3.97. The Morgan fingerprint density at radius 1 is 1.04 bits per heavy atom. The summed E-state index contributed by atoms with van der Waals surface area (Å²) in [5.74, 6) is 0.866. The summed E-state index contributed by atoms with van der Waals surface area (Å²) in [6.45, 7) is 0.904. The fraction of sp³-hybridized carbons (Fsp3) is 0.350. The number of para-hydroxylation sites is 1. The van der Waals surface area contributed by atoms with Crippen molar-refractivity contribution >= 4 is 11.8 Å². The minimum atomic E-state index is -0.305. The summed E-state index contributed by atoms with van der Waals surface area (Å²) >= 11 is 0. The molecule has 4 heteroatoms. The van der Waals surface area contributed by atoms with Gasteiger partial charge in [-0.25, -0.2) is 4.79 Å². The fourth-order valence-electron chi connectivity index (χ4n) is 3.42. The standard InChI is InChI=1S/C20H21NO3/c22-20-21(17-8-2-1-3-9-17)13-19(24-20)14-23-18-11-10-15-6-4-5-7-16(15)12-18/h1-3,8-12,19H,4-7,13-14H2. The van der Waals surface area contributed by atoms with E-state index in [2.05, 4.69) is 12.1 Å². The number of hydrogen-bond acceptors (Lipinski definition) is 3. The molecule has 2 aromatic carbocycles. The Bertz CT molecular complexity index is 729. The zero-order chi connectivity index (χ0) is 16.4. The molecule has 1 aliphatic heterocycles. The van der Waals surface area contributed by atoms with Gasteiger partial charge in [-0.2, -0.15) is 0 Å². The highest BCUT2D eigenvalue weighted by Crippen LogP contribution is 2.26. The van der Waals surface area contributed by atoms with Crippen LogP contribution in [0.1, 0.15) is 24.0 Å². The molecule has 1 unspecified atom stereocenters. The average molecular weight is 323 g/mol. The van der Waals surface area contributed by atoms with Crippen molar-refractivity contribution in [3.63, 3.8) is 0 Å². The van der Waals surface area contributed by atoms with E-state index in [1.54, 1.807) is 4.90 Å². The second-order valence-electron chi connectivity index (χ2n) is 6.40. The van der Waals surface area contributed by atoms with Gasteiger partial charge < -0.3 is 9.47 Å². The average Bonchev–Trinajstić information content (AvgIpc) is 3.01. The first-order valence-corrected chi connectivity index (χ1v) is 8.57. The van der Waals surface area contributed by atoms with Crippen molar-refractivity contribution in [3.8, 4) is 5.75 Å². The van der Waals surface area contributed by atoms with Crippen LogP contribution in [0, 0.1) is 0 Å². The second kappa shape index (κ2) is 6.56. The number of nitrogens with zero attached hydrogens (tertiary/aromatic N) is 1. The number of carbonyl (C=O) groups is 1. The molecule has 24 heavy (non-hydrogen) atoms. The van der Waals surface area contributed by atoms with Gasteiger partial charge in [0.05, 0.1) is 6.54 Å². The molecule has 0 N–H and O–H groups in total. The SMILES string of the molecule is O=C1OC(COc2ccc3c(c2)CCCC3)CN1c1ccccc1. The topological polar surface area (TPSA) is 38.8 Å². The van der Waals surface area contributed by atoms with Gasteiger partial charge in [-0.05, 0) is 61.1 Å². The lowest BCUT2D eigenvalue weighted by Gasteiger charge is -2.17. The maximum Gasteiger partial charge on any atom is 0.414 e. The maximum absolute atomic E-state index is 12.0. The molecule has 0 bridgehead atoms. The van der Waals surface area contributed by atoms with Crippen molar-refractivity contribution in [2.45, 2.75) is 31.8 Å². The molecular formula is C20H21NO3. The van der Waals surface area contributed by atoms with E-state index in [0.29, 0.717) is 13.2 Å². The number of amides is 1. The second-order valence-corrected chi connectivity index (χ2v) is 6.40. The van der Waals surface area contributed by atoms with Crippen LogP contribution in [0.15, 0.2) is 48.5 Å². The molecule has 1 heterocycles. The van der Waals surface area contributed by atoms with Gasteiger partial charge in [0.2, 0.25) is 0 Å². The van der Waals surface area contributed by atoms with Crippen molar-refractivity contribution in [3.05, 3.63) is 59.7 Å². The van der Waals surface area contributed by atoms with Crippen LogP contribution >= 0.6 is 0 Å². The van der Waals surface area contributed by atoms with Crippen LogP contribution in [0.2, 0.25) is 0 Å². The van der Waals surface area contributed by atoms with Crippen molar-refractivity contribution in [2.75, 3.05) is 18.1 Å². The van der Waals surface area contributed by atoms with Gasteiger partial charge in [0.25, 0.3) is 0 Å². The molecule has 1 atom stereocenters. The van der Waals surface area contributed by atoms with E-state index < -0.39 is 0 Å².